The second kappa shape index (κ2) is 8.57. The van der Waals surface area contributed by atoms with Crippen molar-refractivity contribution < 1.29 is 9.59 Å². The van der Waals surface area contributed by atoms with E-state index in [1.165, 1.54) is 11.3 Å². The fraction of sp³-hybridized carbons (Fsp3) is 0.412. The van der Waals surface area contributed by atoms with Gasteiger partial charge in [-0.05, 0) is 25.8 Å². The number of benzene rings is 1. The molecule has 0 aliphatic rings. The van der Waals surface area contributed by atoms with Crippen LogP contribution in [0.25, 0.3) is 10.6 Å². The first-order chi connectivity index (χ1) is 11.9. The molecular formula is C17H23N5O2S. The molecule has 8 heteroatoms. The maximum absolute atomic E-state index is 12.5. The van der Waals surface area contributed by atoms with Crippen LogP contribution in [0.15, 0.2) is 24.3 Å². The molecule has 1 aromatic heterocycles. The van der Waals surface area contributed by atoms with Crippen LogP contribution in [0.2, 0.25) is 0 Å². The third-order valence-electron chi connectivity index (χ3n) is 3.49. The molecule has 1 unspecified atom stereocenters. The summed E-state index contributed by atoms with van der Waals surface area (Å²) in [6, 6.07) is 6.90. The SMILES string of the molecule is CCNC(=O)NC(C(=O)Nc1nnc(-c2cccc(C)c2)s1)C(C)C. The Balaban J connectivity index is 2.07. The predicted molar refractivity (Wildman–Crippen MR) is 99.5 cm³/mol. The van der Waals surface area contributed by atoms with Crippen molar-refractivity contribution in [3.05, 3.63) is 29.8 Å². The highest BCUT2D eigenvalue weighted by Gasteiger charge is 2.25. The molecule has 0 bridgehead atoms. The van der Waals surface area contributed by atoms with Crippen molar-refractivity contribution in [3.8, 4) is 10.6 Å². The zero-order valence-corrected chi connectivity index (χ0v) is 15.6. The van der Waals surface area contributed by atoms with Gasteiger partial charge in [-0.15, -0.1) is 10.2 Å². The second-order valence-electron chi connectivity index (χ2n) is 6.00. The van der Waals surface area contributed by atoms with Crippen LogP contribution in [0.3, 0.4) is 0 Å². The van der Waals surface area contributed by atoms with Crippen LogP contribution >= 0.6 is 11.3 Å². The molecule has 134 valence electrons. The van der Waals surface area contributed by atoms with E-state index in [0.29, 0.717) is 11.7 Å². The predicted octanol–water partition coefficient (Wildman–Crippen LogP) is 2.80. The molecule has 2 rings (SSSR count). The number of carbonyl (C=O) groups excluding carboxylic acids is 2. The summed E-state index contributed by atoms with van der Waals surface area (Å²) in [5.74, 6) is -0.375. The van der Waals surface area contributed by atoms with Crippen molar-refractivity contribution in [3.63, 3.8) is 0 Å². The van der Waals surface area contributed by atoms with Gasteiger partial charge < -0.3 is 10.6 Å². The first-order valence-electron chi connectivity index (χ1n) is 8.16. The molecule has 7 nitrogen and oxygen atoms in total. The van der Waals surface area contributed by atoms with Crippen molar-refractivity contribution in [2.75, 3.05) is 11.9 Å². The van der Waals surface area contributed by atoms with E-state index in [-0.39, 0.29) is 17.9 Å². The number of carbonyl (C=O) groups is 2. The third kappa shape index (κ3) is 5.25. The summed E-state index contributed by atoms with van der Waals surface area (Å²) in [6.45, 7) is 8.06. The highest BCUT2D eigenvalue weighted by Crippen LogP contribution is 2.27. The highest BCUT2D eigenvalue weighted by molar-refractivity contribution is 7.18. The molecule has 1 atom stereocenters. The number of aryl methyl sites for hydroxylation is 1. The van der Waals surface area contributed by atoms with Crippen molar-refractivity contribution in [1.82, 2.24) is 20.8 Å². The van der Waals surface area contributed by atoms with Crippen LogP contribution in [-0.4, -0.2) is 34.7 Å². The number of hydrogen-bond donors (Lipinski definition) is 3. The summed E-state index contributed by atoms with van der Waals surface area (Å²) in [6.07, 6.45) is 0. The minimum atomic E-state index is -0.655. The zero-order valence-electron chi connectivity index (χ0n) is 14.8. The Hall–Kier alpha value is -2.48. The Morgan fingerprint density at radius 3 is 2.64 bits per heavy atom. The monoisotopic (exact) mass is 361 g/mol. The summed E-state index contributed by atoms with van der Waals surface area (Å²) < 4.78 is 0. The number of hydrogen-bond acceptors (Lipinski definition) is 5. The van der Waals surface area contributed by atoms with Gasteiger partial charge in [0, 0.05) is 12.1 Å². The Kier molecular flexibility index (Phi) is 6.46. The number of nitrogens with zero attached hydrogens (tertiary/aromatic N) is 2. The summed E-state index contributed by atoms with van der Waals surface area (Å²) in [5, 5.41) is 17.3. The molecule has 1 aromatic carbocycles. The molecule has 0 spiro atoms. The molecular weight excluding hydrogens is 338 g/mol. The minimum Gasteiger partial charge on any atom is -0.338 e. The molecule has 3 amide bonds. The number of rotatable bonds is 6. The van der Waals surface area contributed by atoms with Crippen LogP contribution < -0.4 is 16.0 Å². The van der Waals surface area contributed by atoms with Crippen molar-refractivity contribution in [1.29, 1.82) is 0 Å². The van der Waals surface area contributed by atoms with Gasteiger partial charge in [0.2, 0.25) is 11.0 Å². The van der Waals surface area contributed by atoms with E-state index in [4.69, 9.17) is 0 Å². The molecule has 0 radical (unpaired) electrons. The Morgan fingerprint density at radius 2 is 2.00 bits per heavy atom. The van der Waals surface area contributed by atoms with Gasteiger partial charge >= 0.3 is 6.03 Å². The first-order valence-corrected chi connectivity index (χ1v) is 8.98. The van der Waals surface area contributed by atoms with Gasteiger partial charge in [0.1, 0.15) is 11.0 Å². The zero-order chi connectivity index (χ0) is 18.4. The number of anilines is 1. The lowest BCUT2D eigenvalue weighted by molar-refractivity contribution is -0.118. The number of amides is 3. The maximum atomic E-state index is 12.5. The van der Waals surface area contributed by atoms with Gasteiger partial charge in [0.05, 0.1) is 0 Å². The summed E-state index contributed by atoms with van der Waals surface area (Å²) in [4.78, 5) is 24.2. The van der Waals surface area contributed by atoms with E-state index in [0.717, 1.165) is 16.1 Å². The van der Waals surface area contributed by atoms with Crippen molar-refractivity contribution in [2.24, 2.45) is 5.92 Å². The fourth-order valence-corrected chi connectivity index (χ4v) is 2.98. The summed E-state index contributed by atoms with van der Waals surface area (Å²) >= 11 is 1.30. The van der Waals surface area contributed by atoms with Crippen LogP contribution in [0.4, 0.5) is 9.93 Å². The van der Waals surface area contributed by atoms with Gasteiger partial charge in [-0.2, -0.15) is 0 Å². The fourth-order valence-electron chi connectivity index (χ4n) is 2.24. The van der Waals surface area contributed by atoms with E-state index in [1.807, 2.05) is 52.0 Å². The Morgan fingerprint density at radius 1 is 1.24 bits per heavy atom. The molecule has 3 N–H and O–H groups in total. The van der Waals surface area contributed by atoms with Gasteiger partial charge in [-0.3, -0.25) is 10.1 Å². The maximum Gasteiger partial charge on any atom is 0.315 e. The summed E-state index contributed by atoms with van der Waals surface area (Å²) in [5.41, 5.74) is 2.09. The van der Waals surface area contributed by atoms with Crippen LogP contribution in [0, 0.1) is 12.8 Å². The lowest BCUT2D eigenvalue weighted by Crippen LogP contribution is -2.50. The summed E-state index contributed by atoms with van der Waals surface area (Å²) in [7, 11) is 0. The van der Waals surface area contributed by atoms with Gasteiger partial charge in [-0.25, -0.2) is 4.79 Å². The van der Waals surface area contributed by atoms with Crippen molar-refractivity contribution in [2.45, 2.75) is 33.7 Å². The molecule has 0 aliphatic carbocycles. The molecule has 0 aliphatic heterocycles. The molecule has 0 fully saturated rings. The van der Waals surface area contributed by atoms with Crippen molar-refractivity contribution >= 4 is 28.4 Å². The van der Waals surface area contributed by atoms with Gasteiger partial charge in [0.25, 0.3) is 0 Å². The number of nitrogens with one attached hydrogen (secondary N) is 3. The van der Waals surface area contributed by atoms with E-state index in [2.05, 4.69) is 26.1 Å². The molecule has 2 aromatic rings. The standard InChI is InChI=1S/C17H23N5O2S/c1-5-18-16(24)19-13(10(2)3)14(23)20-17-22-21-15(25-17)12-8-6-7-11(4)9-12/h6-10,13H,5H2,1-4H3,(H2,18,19,24)(H,20,22,23). The van der Waals surface area contributed by atoms with E-state index >= 15 is 0 Å². The number of urea groups is 1. The molecule has 25 heavy (non-hydrogen) atoms. The average molecular weight is 361 g/mol. The lowest BCUT2D eigenvalue weighted by atomic mass is 10.0. The Bertz CT molecular complexity index is 744. The highest BCUT2D eigenvalue weighted by atomic mass is 32.1. The largest absolute Gasteiger partial charge is 0.338 e. The third-order valence-corrected chi connectivity index (χ3v) is 4.38. The van der Waals surface area contributed by atoms with Crippen LogP contribution in [0.1, 0.15) is 26.3 Å². The van der Waals surface area contributed by atoms with E-state index < -0.39 is 6.04 Å². The van der Waals surface area contributed by atoms with E-state index in [1.54, 1.807) is 0 Å². The normalized spacial score (nSPS) is 11.9. The minimum absolute atomic E-state index is 0.0632. The Labute approximate surface area is 151 Å². The number of aromatic nitrogens is 2. The topological polar surface area (TPSA) is 96.0 Å². The van der Waals surface area contributed by atoms with Crippen LogP contribution in [0.5, 0.6) is 0 Å². The molecule has 1 heterocycles. The smallest absolute Gasteiger partial charge is 0.315 e. The lowest BCUT2D eigenvalue weighted by Gasteiger charge is -2.20. The second-order valence-corrected chi connectivity index (χ2v) is 6.97. The molecule has 0 saturated heterocycles. The van der Waals surface area contributed by atoms with E-state index in [9.17, 15) is 9.59 Å². The van der Waals surface area contributed by atoms with Crippen LogP contribution in [-0.2, 0) is 4.79 Å². The van der Waals surface area contributed by atoms with Gasteiger partial charge in [-0.1, -0.05) is 48.9 Å². The average Bonchev–Trinajstić information content (AvgIpc) is 3.01. The first kappa shape index (κ1) is 18.9. The quantitative estimate of drug-likeness (QED) is 0.737. The van der Waals surface area contributed by atoms with Gasteiger partial charge in [0.15, 0.2) is 0 Å². The molecule has 0 saturated carbocycles.